The van der Waals surface area contributed by atoms with E-state index in [1.54, 1.807) is 17.0 Å². The number of rotatable bonds is 6. The molecule has 0 unspecified atom stereocenters. The number of likely N-dealkylation sites (tertiary alicyclic amines) is 1. The van der Waals surface area contributed by atoms with Gasteiger partial charge in [0, 0.05) is 39.1 Å². The van der Waals surface area contributed by atoms with E-state index in [0.717, 1.165) is 22.7 Å². The van der Waals surface area contributed by atoms with Crippen molar-refractivity contribution >= 4 is 16.1 Å². The van der Waals surface area contributed by atoms with Gasteiger partial charge in [0.15, 0.2) is 0 Å². The Morgan fingerprint density at radius 2 is 1.76 bits per heavy atom. The summed E-state index contributed by atoms with van der Waals surface area (Å²) in [6.07, 6.45) is 2.91. The summed E-state index contributed by atoms with van der Waals surface area (Å²) in [5.74, 6) is -1.68. The summed E-state index contributed by atoms with van der Waals surface area (Å²) < 4.78 is 57.2. The van der Waals surface area contributed by atoms with Crippen molar-refractivity contribution < 1.29 is 22.0 Å². The van der Waals surface area contributed by atoms with Gasteiger partial charge in [-0.15, -0.1) is 0 Å². The zero-order chi connectivity index (χ0) is 23.8. The number of halogens is 2. The Bertz CT molecular complexity index is 1120. The molecule has 0 radical (unpaired) electrons. The zero-order valence-electron chi connectivity index (χ0n) is 18.8. The van der Waals surface area contributed by atoms with Crippen LogP contribution >= 0.6 is 0 Å². The molecule has 1 saturated heterocycles. The topological polar surface area (TPSA) is 69.7 Å². The summed E-state index contributed by atoms with van der Waals surface area (Å²) in [6, 6.07) is 10.5. The highest BCUT2D eigenvalue weighted by molar-refractivity contribution is 7.87. The van der Waals surface area contributed by atoms with Gasteiger partial charge in [0.1, 0.15) is 11.6 Å². The SMILES string of the molecule is CN(C)S(=O)(=O)N[C@@H]1CCCCN(C(=O)[C@@H]2C[C@H]2c2ccccc2-c2c(F)cccc2F)C1. The Hall–Kier alpha value is -2.36. The van der Waals surface area contributed by atoms with Gasteiger partial charge >= 0.3 is 0 Å². The van der Waals surface area contributed by atoms with Crippen LogP contribution in [-0.2, 0) is 15.0 Å². The second kappa shape index (κ2) is 9.48. The van der Waals surface area contributed by atoms with Crippen molar-refractivity contribution in [1.29, 1.82) is 0 Å². The van der Waals surface area contributed by atoms with Crippen molar-refractivity contribution in [3.63, 3.8) is 0 Å². The molecule has 1 heterocycles. The third kappa shape index (κ3) is 5.10. The molecule has 3 atom stereocenters. The lowest BCUT2D eigenvalue weighted by Gasteiger charge is -2.26. The van der Waals surface area contributed by atoms with E-state index in [1.165, 1.54) is 32.3 Å². The van der Waals surface area contributed by atoms with Gasteiger partial charge in [0.2, 0.25) is 5.91 Å². The molecule has 178 valence electrons. The zero-order valence-corrected chi connectivity index (χ0v) is 19.6. The standard InChI is InChI=1S/C24H29F2N3O3S/c1-28(2)33(31,32)27-16-8-5-6-13-29(15-16)24(30)20-14-19(20)17-9-3-4-10-18(17)23-21(25)11-7-12-22(23)26/h3-4,7,9-12,16,19-20,27H,5-6,8,13-15H2,1-2H3/t16-,19+,20-/m1/s1. The average molecular weight is 478 g/mol. The largest absolute Gasteiger partial charge is 0.341 e. The highest BCUT2D eigenvalue weighted by Crippen LogP contribution is 2.51. The first kappa shape index (κ1) is 23.8. The fraction of sp³-hybridized carbons (Fsp3) is 0.458. The van der Waals surface area contributed by atoms with Crippen LogP contribution in [-0.4, -0.2) is 56.8 Å². The molecule has 1 saturated carbocycles. The number of amides is 1. The highest BCUT2D eigenvalue weighted by Gasteiger charge is 2.47. The predicted octanol–water partition coefficient (Wildman–Crippen LogP) is 3.51. The number of hydrogen-bond donors (Lipinski definition) is 1. The maximum atomic E-state index is 14.5. The van der Waals surface area contributed by atoms with Gasteiger partial charge in [0.25, 0.3) is 10.2 Å². The van der Waals surface area contributed by atoms with Crippen molar-refractivity contribution in [3.05, 3.63) is 59.7 Å². The predicted molar refractivity (Wildman–Crippen MR) is 123 cm³/mol. The Morgan fingerprint density at radius 3 is 2.45 bits per heavy atom. The van der Waals surface area contributed by atoms with Crippen LogP contribution in [0.1, 0.15) is 37.2 Å². The molecule has 2 fully saturated rings. The monoisotopic (exact) mass is 477 g/mol. The quantitative estimate of drug-likeness (QED) is 0.692. The van der Waals surface area contributed by atoms with E-state index in [2.05, 4.69) is 4.72 Å². The third-order valence-corrected chi connectivity index (χ3v) is 8.07. The van der Waals surface area contributed by atoms with E-state index in [4.69, 9.17) is 0 Å². The van der Waals surface area contributed by atoms with Crippen molar-refractivity contribution in [3.8, 4) is 11.1 Å². The van der Waals surface area contributed by atoms with Crippen LogP contribution in [0, 0.1) is 17.6 Å². The summed E-state index contributed by atoms with van der Waals surface area (Å²) in [4.78, 5) is 15.1. The number of carbonyl (C=O) groups is 1. The van der Waals surface area contributed by atoms with Gasteiger partial charge in [-0.2, -0.15) is 17.4 Å². The molecule has 2 aliphatic rings. The van der Waals surface area contributed by atoms with Crippen LogP contribution in [0.25, 0.3) is 11.1 Å². The molecule has 0 spiro atoms. The van der Waals surface area contributed by atoms with Crippen LogP contribution in [0.4, 0.5) is 8.78 Å². The fourth-order valence-corrected chi connectivity index (χ4v) is 5.43. The summed E-state index contributed by atoms with van der Waals surface area (Å²) in [6.45, 7) is 0.893. The molecule has 0 bridgehead atoms. The highest BCUT2D eigenvalue weighted by atomic mass is 32.2. The van der Waals surface area contributed by atoms with Crippen LogP contribution in [0.5, 0.6) is 0 Å². The Balaban J connectivity index is 1.51. The molecular weight excluding hydrogens is 448 g/mol. The van der Waals surface area contributed by atoms with Crippen molar-refractivity contribution in [2.75, 3.05) is 27.2 Å². The maximum absolute atomic E-state index is 14.5. The lowest BCUT2D eigenvalue weighted by Crippen LogP contribution is -2.48. The van der Waals surface area contributed by atoms with E-state index in [0.29, 0.717) is 31.5 Å². The van der Waals surface area contributed by atoms with Crippen LogP contribution in [0.15, 0.2) is 42.5 Å². The van der Waals surface area contributed by atoms with E-state index < -0.39 is 21.8 Å². The molecule has 1 amide bonds. The molecule has 33 heavy (non-hydrogen) atoms. The van der Waals surface area contributed by atoms with Crippen LogP contribution in [0.2, 0.25) is 0 Å². The Morgan fingerprint density at radius 1 is 1.06 bits per heavy atom. The third-order valence-electron chi connectivity index (χ3n) is 6.48. The van der Waals surface area contributed by atoms with Gasteiger partial charge in [-0.1, -0.05) is 36.8 Å². The fourth-order valence-electron chi connectivity index (χ4n) is 4.60. The number of nitrogens with one attached hydrogen (secondary N) is 1. The smallest absolute Gasteiger partial charge is 0.279 e. The molecule has 2 aromatic carbocycles. The minimum absolute atomic E-state index is 0.0280. The van der Waals surface area contributed by atoms with Gasteiger partial charge in [-0.05, 0) is 48.4 Å². The van der Waals surface area contributed by atoms with E-state index in [9.17, 15) is 22.0 Å². The normalized spacial score (nSPS) is 23.4. The molecule has 9 heteroatoms. The van der Waals surface area contributed by atoms with E-state index in [-0.39, 0.29) is 29.3 Å². The number of carbonyl (C=O) groups excluding carboxylic acids is 1. The van der Waals surface area contributed by atoms with Gasteiger partial charge in [-0.3, -0.25) is 4.79 Å². The molecule has 6 nitrogen and oxygen atoms in total. The van der Waals surface area contributed by atoms with Crippen molar-refractivity contribution in [2.24, 2.45) is 5.92 Å². The first-order chi connectivity index (χ1) is 15.7. The average Bonchev–Trinajstić information content (AvgIpc) is 3.57. The number of hydrogen-bond acceptors (Lipinski definition) is 3. The molecule has 0 aromatic heterocycles. The number of nitrogens with zero attached hydrogens (tertiary/aromatic N) is 2. The van der Waals surface area contributed by atoms with Gasteiger partial charge < -0.3 is 4.90 Å². The summed E-state index contributed by atoms with van der Waals surface area (Å²) in [5.41, 5.74) is 1.17. The van der Waals surface area contributed by atoms with E-state index >= 15 is 0 Å². The lowest BCUT2D eigenvalue weighted by molar-refractivity contribution is -0.132. The maximum Gasteiger partial charge on any atom is 0.279 e. The van der Waals surface area contributed by atoms with Gasteiger partial charge in [-0.25, -0.2) is 8.78 Å². The molecule has 1 aliphatic carbocycles. The second-order valence-corrected chi connectivity index (χ2v) is 10.9. The molecule has 4 rings (SSSR count). The Labute approximate surface area is 193 Å². The first-order valence-corrected chi connectivity index (χ1v) is 12.6. The molecule has 2 aromatic rings. The molecule has 1 aliphatic heterocycles. The summed E-state index contributed by atoms with van der Waals surface area (Å²) in [5, 5.41) is 0. The van der Waals surface area contributed by atoms with Crippen LogP contribution in [0.3, 0.4) is 0 Å². The van der Waals surface area contributed by atoms with Crippen molar-refractivity contribution in [2.45, 2.75) is 37.6 Å². The van der Waals surface area contributed by atoms with Gasteiger partial charge in [0.05, 0.1) is 5.56 Å². The lowest BCUT2D eigenvalue weighted by atomic mass is 9.95. The molecule has 1 N–H and O–H groups in total. The second-order valence-electron chi connectivity index (χ2n) is 9.01. The summed E-state index contributed by atoms with van der Waals surface area (Å²) >= 11 is 0. The minimum Gasteiger partial charge on any atom is -0.341 e. The van der Waals surface area contributed by atoms with E-state index in [1.807, 2.05) is 12.1 Å². The van der Waals surface area contributed by atoms with Crippen molar-refractivity contribution in [1.82, 2.24) is 13.9 Å². The Kier molecular flexibility index (Phi) is 6.83. The number of benzene rings is 2. The molecular formula is C24H29F2N3O3S. The summed E-state index contributed by atoms with van der Waals surface area (Å²) in [7, 11) is -0.662. The van der Waals surface area contributed by atoms with Crippen LogP contribution < -0.4 is 4.72 Å². The first-order valence-electron chi connectivity index (χ1n) is 11.2. The minimum atomic E-state index is -3.59.